The maximum atomic E-state index is 11.3. The molecule has 0 aliphatic heterocycles. The fourth-order valence-electron chi connectivity index (χ4n) is 1.24. The Balaban J connectivity index is 2.92. The first-order valence-corrected chi connectivity index (χ1v) is 4.76. The standard InChI is InChI=1S/C11H11NO5/c1-6(13)5-9(14)12-8-4-2-3-7(10(8)15)11(16)17/h2-4,15H,5H2,1H3,(H,12,14)(H,16,17). The number of Topliss-reactive ketones (excluding diaryl/α,β-unsaturated/α-hetero) is 1. The molecule has 0 spiro atoms. The Bertz CT molecular complexity index is 481. The monoisotopic (exact) mass is 237 g/mol. The van der Waals surface area contributed by atoms with E-state index in [4.69, 9.17) is 5.11 Å². The van der Waals surface area contributed by atoms with E-state index in [-0.39, 0.29) is 23.5 Å². The van der Waals surface area contributed by atoms with E-state index in [9.17, 15) is 19.5 Å². The van der Waals surface area contributed by atoms with Crippen molar-refractivity contribution in [3.63, 3.8) is 0 Å². The number of para-hydroxylation sites is 1. The zero-order chi connectivity index (χ0) is 13.0. The van der Waals surface area contributed by atoms with Gasteiger partial charge >= 0.3 is 5.97 Å². The van der Waals surface area contributed by atoms with E-state index in [1.807, 2.05) is 0 Å². The van der Waals surface area contributed by atoms with Crippen molar-refractivity contribution >= 4 is 23.3 Å². The molecule has 1 aromatic carbocycles. The van der Waals surface area contributed by atoms with E-state index in [2.05, 4.69) is 5.32 Å². The van der Waals surface area contributed by atoms with Crippen LogP contribution in [0, 0.1) is 0 Å². The molecule has 0 aliphatic rings. The van der Waals surface area contributed by atoms with E-state index in [0.717, 1.165) is 0 Å². The third kappa shape index (κ3) is 3.30. The summed E-state index contributed by atoms with van der Waals surface area (Å²) in [5.74, 6) is -2.76. The maximum absolute atomic E-state index is 11.3. The second kappa shape index (κ2) is 5.11. The molecule has 1 rings (SSSR count). The van der Waals surface area contributed by atoms with E-state index >= 15 is 0 Å². The minimum atomic E-state index is -1.30. The van der Waals surface area contributed by atoms with Crippen LogP contribution in [0.1, 0.15) is 23.7 Å². The number of hydrogen-bond acceptors (Lipinski definition) is 4. The number of aromatic hydroxyl groups is 1. The van der Waals surface area contributed by atoms with Crippen molar-refractivity contribution in [2.24, 2.45) is 0 Å². The molecular weight excluding hydrogens is 226 g/mol. The molecular formula is C11H11NO5. The number of nitrogens with one attached hydrogen (secondary N) is 1. The summed E-state index contributed by atoms with van der Waals surface area (Å²) in [5, 5.41) is 20.6. The number of ketones is 1. The maximum Gasteiger partial charge on any atom is 0.339 e. The predicted octanol–water partition coefficient (Wildman–Crippen LogP) is 1.01. The molecule has 0 aromatic heterocycles. The average molecular weight is 237 g/mol. The van der Waals surface area contributed by atoms with E-state index < -0.39 is 17.6 Å². The highest BCUT2D eigenvalue weighted by Gasteiger charge is 2.14. The van der Waals surface area contributed by atoms with Crippen LogP contribution in [0.2, 0.25) is 0 Å². The van der Waals surface area contributed by atoms with Crippen molar-refractivity contribution in [2.45, 2.75) is 13.3 Å². The van der Waals surface area contributed by atoms with Crippen LogP contribution in [0.3, 0.4) is 0 Å². The third-order valence-corrected chi connectivity index (χ3v) is 1.95. The van der Waals surface area contributed by atoms with Gasteiger partial charge in [-0.2, -0.15) is 0 Å². The number of carbonyl (C=O) groups is 3. The Hall–Kier alpha value is -2.37. The van der Waals surface area contributed by atoms with Gasteiger partial charge in [-0.3, -0.25) is 9.59 Å². The summed E-state index contributed by atoms with van der Waals surface area (Å²) in [7, 11) is 0. The van der Waals surface area contributed by atoms with Gasteiger partial charge in [0.25, 0.3) is 0 Å². The van der Waals surface area contributed by atoms with Gasteiger partial charge in [0.2, 0.25) is 5.91 Å². The van der Waals surface area contributed by atoms with Crippen molar-refractivity contribution in [1.82, 2.24) is 0 Å². The smallest absolute Gasteiger partial charge is 0.339 e. The molecule has 0 atom stereocenters. The number of benzene rings is 1. The van der Waals surface area contributed by atoms with Crippen LogP contribution in [0.25, 0.3) is 0 Å². The molecule has 0 heterocycles. The fourth-order valence-corrected chi connectivity index (χ4v) is 1.24. The summed E-state index contributed by atoms with van der Waals surface area (Å²) >= 11 is 0. The molecule has 0 fully saturated rings. The summed E-state index contributed by atoms with van der Waals surface area (Å²) in [6.07, 6.45) is -0.323. The second-order valence-corrected chi connectivity index (χ2v) is 3.43. The molecule has 0 bridgehead atoms. The van der Waals surface area contributed by atoms with Gasteiger partial charge in [-0.15, -0.1) is 0 Å². The number of carbonyl (C=O) groups excluding carboxylic acids is 2. The lowest BCUT2D eigenvalue weighted by Crippen LogP contribution is -2.15. The van der Waals surface area contributed by atoms with E-state index in [1.54, 1.807) is 0 Å². The van der Waals surface area contributed by atoms with Crippen LogP contribution >= 0.6 is 0 Å². The van der Waals surface area contributed by atoms with Gasteiger partial charge in [0.15, 0.2) is 5.75 Å². The van der Waals surface area contributed by atoms with Crippen LogP contribution in [0.15, 0.2) is 18.2 Å². The van der Waals surface area contributed by atoms with Crippen molar-refractivity contribution in [3.8, 4) is 5.75 Å². The Morgan fingerprint density at radius 2 is 1.94 bits per heavy atom. The third-order valence-electron chi connectivity index (χ3n) is 1.95. The Kier molecular flexibility index (Phi) is 3.82. The highest BCUT2D eigenvalue weighted by molar-refractivity contribution is 6.05. The molecule has 1 amide bonds. The zero-order valence-corrected chi connectivity index (χ0v) is 9.06. The van der Waals surface area contributed by atoms with Gasteiger partial charge in [0, 0.05) is 0 Å². The summed E-state index contributed by atoms with van der Waals surface area (Å²) in [4.78, 5) is 32.7. The van der Waals surface area contributed by atoms with E-state index in [1.165, 1.54) is 25.1 Å². The molecule has 1 aromatic rings. The Labute approximate surface area is 96.9 Å². The lowest BCUT2D eigenvalue weighted by atomic mass is 10.1. The molecule has 0 unspecified atom stereocenters. The van der Waals surface area contributed by atoms with Crippen LogP contribution < -0.4 is 5.32 Å². The Morgan fingerprint density at radius 1 is 1.29 bits per heavy atom. The van der Waals surface area contributed by atoms with Crippen LogP contribution in [-0.2, 0) is 9.59 Å². The van der Waals surface area contributed by atoms with E-state index in [0.29, 0.717) is 0 Å². The summed E-state index contributed by atoms with van der Waals surface area (Å²) in [6, 6.07) is 3.94. The second-order valence-electron chi connectivity index (χ2n) is 3.43. The van der Waals surface area contributed by atoms with Gasteiger partial charge in [-0.25, -0.2) is 4.79 Å². The van der Waals surface area contributed by atoms with Gasteiger partial charge in [0.05, 0.1) is 12.1 Å². The van der Waals surface area contributed by atoms with Crippen molar-refractivity contribution in [2.75, 3.05) is 5.32 Å². The first-order chi connectivity index (χ1) is 7.91. The average Bonchev–Trinajstić information content (AvgIpc) is 2.19. The normalized spacial score (nSPS) is 9.71. The summed E-state index contributed by atoms with van der Waals surface area (Å²) < 4.78 is 0. The fraction of sp³-hybridized carbons (Fsp3) is 0.182. The Morgan fingerprint density at radius 3 is 2.47 bits per heavy atom. The quantitative estimate of drug-likeness (QED) is 0.535. The molecule has 0 saturated heterocycles. The van der Waals surface area contributed by atoms with Gasteiger partial charge in [0.1, 0.15) is 11.3 Å². The van der Waals surface area contributed by atoms with Crippen molar-refractivity contribution < 1.29 is 24.6 Å². The zero-order valence-electron chi connectivity index (χ0n) is 9.06. The van der Waals surface area contributed by atoms with Crippen molar-refractivity contribution in [3.05, 3.63) is 23.8 Å². The number of hydrogen-bond donors (Lipinski definition) is 3. The SMILES string of the molecule is CC(=O)CC(=O)Nc1cccc(C(=O)O)c1O. The van der Waals surface area contributed by atoms with Gasteiger partial charge in [-0.1, -0.05) is 6.07 Å². The molecule has 0 aliphatic carbocycles. The van der Waals surface area contributed by atoms with Crippen LogP contribution in [-0.4, -0.2) is 27.9 Å². The number of amides is 1. The van der Waals surface area contributed by atoms with Crippen molar-refractivity contribution in [1.29, 1.82) is 0 Å². The first kappa shape index (κ1) is 12.7. The molecule has 6 nitrogen and oxygen atoms in total. The molecule has 0 radical (unpaired) electrons. The number of carboxylic acids is 1. The minimum Gasteiger partial charge on any atom is -0.505 e. The molecule has 0 saturated carbocycles. The molecule has 17 heavy (non-hydrogen) atoms. The number of aromatic carboxylic acids is 1. The number of carboxylic acid groups (broad SMARTS) is 1. The van der Waals surface area contributed by atoms with Gasteiger partial charge in [-0.05, 0) is 19.1 Å². The molecule has 3 N–H and O–H groups in total. The van der Waals surface area contributed by atoms with Gasteiger partial charge < -0.3 is 15.5 Å². The molecule has 6 heteroatoms. The molecule has 90 valence electrons. The largest absolute Gasteiger partial charge is 0.505 e. The summed E-state index contributed by atoms with van der Waals surface area (Å²) in [5.41, 5.74) is -0.346. The first-order valence-electron chi connectivity index (χ1n) is 4.76. The topological polar surface area (TPSA) is 104 Å². The number of phenols is 1. The summed E-state index contributed by atoms with van der Waals surface area (Å²) in [6.45, 7) is 1.26. The number of anilines is 1. The lowest BCUT2D eigenvalue weighted by Gasteiger charge is -2.08. The number of rotatable bonds is 4. The lowest BCUT2D eigenvalue weighted by molar-refractivity contribution is -0.124. The highest BCUT2D eigenvalue weighted by Crippen LogP contribution is 2.27. The minimum absolute atomic E-state index is 0.0313. The predicted molar refractivity (Wildman–Crippen MR) is 59.0 cm³/mol. The van der Waals surface area contributed by atoms with Crippen LogP contribution in [0.5, 0.6) is 5.75 Å². The van der Waals surface area contributed by atoms with Crippen LogP contribution in [0.4, 0.5) is 5.69 Å². The highest BCUT2D eigenvalue weighted by atomic mass is 16.4.